The van der Waals surface area contributed by atoms with Crippen molar-refractivity contribution >= 4 is 31.9 Å². The third kappa shape index (κ3) is 3.68. The zero-order valence-corrected chi connectivity index (χ0v) is 14.3. The predicted molar refractivity (Wildman–Crippen MR) is 88.4 cm³/mol. The monoisotopic (exact) mass is 399 g/mol. The van der Waals surface area contributed by atoms with Gasteiger partial charge in [0.1, 0.15) is 5.82 Å². The fraction of sp³-hybridized carbons (Fsp3) is 0.250. The molecule has 1 atom stereocenters. The molecule has 106 valence electrons. The molecule has 0 aromatic heterocycles. The molecule has 0 amide bonds. The van der Waals surface area contributed by atoms with Gasteiger partial charge in [-0.25, -0.2) is 4.39 Å². The van der Waals surface area contributed by atoms with Crippen molar-refractivity contribution in [2.45, 2.75) is 19.4 Å². The standard InChI is InChI=1S/C16H16Br2FN/c1-2-20-15(10-11-6-3-4-7-12(11)17)16-13(18)8-5-9-14(16)19/h3-9,15,20H,2,10H2,1H3. The molecule has 0 radical (unpaired) electrons. The van der Waals surface area contributed by atoms with E-state index in [9.17, 15) is 4.39 Å². The summed E-state index contributed by atoms with van der Waals surface area (Å²) in [5.74, 6) is -0.183. The Kier molecular flexibility index (Phi) is 5.75. The predicted octanol–water partition coefficient (Wildman–Crippen LogP) is 5.24. The van der Waals surface area contributed by atoms with Gasteiger partial charge >= 0.3 is 0 Å². The Morgan fingerprint density at radius 2 is 1.75 bits per heavy atom. The van der Waals surface area contributed by atoms with Gasteiger partial charge in [0.25, 0.3) is 0 Å². The Bertz CT molecular complexity index is 566. The zero-order chi connectivity index (χ0) is 14.5. The SMILES string of the molecule is CCNC(Cc1ccccc1Br)c1c(F)cccc1Br. The quantitative estimate of drug-likeness (QED) is 0.723. The highest BCUT2D eigenvalue weighted by molar-refractivity contribution is 9.10. The maximum atomic E-state index is 14.1. The van der Waals surface area contributed by atoms with Crippen LogP contribution in [0.15, 0.2) is 51.4 Å². The van der Waals surface area contributed by atoms with Crippen molar-refractivity contribution in [1.82, 2.24) is 5.32 Å². The minimum Gasteiger partial charge on any atom is -0.310 e. The normalized spacial score (nSPS) is 12.4. The molecule has 0 fully saturated rings. The summed E-state index contributed by atoms with van der Waals surface area (Å²) in [5.41, 5.74) is 1.85. The van der Waals surface area contributed by atoms with Gasteiger partial charge in [-0.2, -0.15) is 0 Å². The number of likely N-dealkylation sites (N-methyl/N-ethyl adjacent to an activating group) is 1. The van der Waals surface area contributed by atoms with Gasteiger partial charge in [0, 0.05) is 20.6 Å². The largest absolute Gasteiger partial charge is 0.310 e. The van der Waals surface area contributed by atoms with Crippen LogP contribution in [0.25, 0.3) is 0 Å². The Morgan fingerprint density at radius 1 is 1.05 bits per heavy atom. The Balaban J connectivity index is 2.35. The van der Waals surface area contributed by atoms with Gasteiger partial charge in [0.05, 0.1) is 0 Å². The fourth-order valence-electron chi connectivity index (χ4n) is 2.25. The van der Waals surface area contributed by atoms with Crippen LogP contribution >= 0.6 is 31.9 Å². The van der Waals surface area contributed by atoms with E-state index < -0.39 is 0 Å². The van der Waals surface area contributed by atoms with Gasteiger partial charge < -0.3 is 5.32 Å². The molecular weight excluding hydrogens is 385 g/mol. The molecule has 0 saturated carbocycles. The number of hydrogen-bond acceptors (Lipinski definition) is 1. The van der Waals surface area contributed by atoms with Gasteiger partial charge in [-0.05, 0) is 36.7 Å². The fourth-order valence-corrected chi connectivity index (χ4v) is 3.32. The molecule has 1 nitrogen and oxygen atoms in total. The van der Waals surface area contributed by atoms with Crippen LogP contribution in [0.5, 0.6) is 0 Å². The number of hydrogen-bond donors (Lipinski definition) is 1. The summed E-state index contributed by atoms with van der Waals surface area (Å²) in [6.07, 6.45) is 0.731. The summed E-state index contributed by atoms with van der Waals surface area (Å²) in [4.78, 5) is 0. The molecule has 20 heavy (non-hydrogen) atoms. The van der Waals surface area contributed by atoms with Crippen molar-refractivity contribution in [2.24, 2.45) is 0 Å². The van der Waals surface area contributed by atoms with Gasteiger partial charge in [-0.15, -0.1) is 0 Å². The summed E-state index contributed by atoms with van der Waals surface area (Å²) in [6.45, 7) is 2.82. The average Bonchev–Trinajstić information content (AvgIpc) is 2.41. The van der Waals surface area contributed by atoms with Crippen LogP contribution in [-0.2, 0) is 6.42 Å². The number of halogens is 3. The summed E-state index contributed by atoms with van der Waals surface area (Å²) in [6, 6.07) is 13.1. The summed E-state index contributed by atoms with van der Waals surface area (Å²) in [7, 11) is 0. The highest BCUT2D eigenvalue weighted by atomic mass is 79.9. The van der Waals surface area contributed by atoms with E-state index >= 15 is 0 Å². The second-order valence-electron chi connectivity index (χ2n) is 4.54. The highest BCUT2D eigenvalue weighted by Crippen LogP contribution is 2.30. The van der Waals surface area contributed by atoms with Gasteiger partial charge in [-0.3, -0.25) is 0 Å². The maximum Gasteiger partial charge on any atom is 0.129 e. The van der Waals surface area contributed by atoms with E-state index in [0.717, 1.165) is 27.5 Å². The van der Waals surface area contributed by atoms with Crippen LogP contribution in [0.1, 0.15) is 24.1 Å². The van der Waals surface area contributed by atoms with E-state index in [-0.39, 0.29) is 11.9 Å². The second-order valence-corrected chi connectivity index (χ2v) is 6.25. The van der Waals surface area contributed by atoms with Gasteiger partial charge in [0.15, 0.2) is 0 Å². The van der Waals surface area contributed by atoms with Gasteiger partial charge in [0.2, 0.25) is 0 Å². The van der Waals surface area contributed by atoms with Crippen LogP contribution in [0.3, 0.4) is 0 Å². The van der Waals surface area contributed by atoms with E-state index in [2.05, 4.69) is 43.2 Å². The molecule has 0 saturated heterocycles. The van der Waals surface area contributed by atoms with E-state index in [4.69, 9.17) is 0 Å². The lowest BCUT2D eigenvalue weighted by Gasteiger charge is -2.21. The first-order valence-electron chi connectivity index (χ1n) is 6.54. The molecule has 1 unspecified atom stereocenters. The first kappa shape index (κ1) is 15.7. The Labute approximate surface area is 135 Å². The van der Waals surface area contributed by atoms with Gasteiger partial charge in [-0.1, -0.05) is 63.0 Å². The topological polar surface area (TPSA) is 12.0 Å². The second kappa shape index (κ2) is 7.34. The van der Waals surface area contributed by atoms with Crippen molar-refractivity contribution < 1.29 is 4.39 Å². The van der Waals surface area contributed by atoms with Crippen molar-refractivity contribution in [3.05, 3.63) is 68.4 Å². The number of nitrogens with one attached hydrogen (secondary N) is 1. The molecule has 0 aliphatic heterocycles. The van der Waals surface area contributed by atoms with E-state index in [1.165, 1.54) is 6.07 Å². The summed E-state index contributed by atoms with van der Waals surface area (Å²) >= 11 is 7.01. The molecule has 0 bridgehead atoms. The molecule has 0 aliphatic carbocycles. The zero-order valence-electron chi connectivity index (χ0n) is 11.2. The lowest BCUT2D eigenvalue weighted by Crippen LogP contribution is -2.24. The van der Waals surface area contributed by atoms with Crippen molar-refractivity contribution in [3.63, 3.8) is 0 Å². The van der Waals surface area contributed by atoms with Crippen molar-refractivity contribution in [2.75, 3.05) is 6.54 Å². The molecule has 2 aromatic carbocycles. The minimum atomic E-state index is -0.183. The van der Waals surface area contributed by atoms with Crippen LogP contribution in [-0.4, -0.2) is 6.54 Å². The van der Waals surface area contributed by atoms with Crippen LogP contribution < -0.4 is 5.32 Å². The maximum absolute atomic E-state index is 14.1. The van der Waals surface area contributed by atoms with Crippen LogP contribution in [0, 0.1) is 5.82 Å². The molecule has 0 aliphatic rings. The molecule has 4 heteroatoms. The minimum absolute atomic E-state index is 0.0609. The smallest absolute Gasteiger partial charge is 0.129 e. The highest BCUT2D eigenvalue weighted by Gasteiger charge is 2.19. The molecule has 1 N–H and O–H groups in total. The number of benzene rings is 2. The van der Waals surface area contributed by atoms with E-state index in [1.54, 1.807) is 6.07 Å². The first-order chi connectivity index (χ1) is 9.63. The van der Waals surface area contributed by atoms with Crippen molar-refractivity contribution in [3.8, 4) is 0 Å². The third-order valence-corrected chi connectivity index (χ3v) is 4.65. The average molecular weight is 401 g/mol. The lowest BCUT2D eigenvalue weighted by atomic mass is 9.98. The molecule has 0 heterocycles. The number of rotatable bonds is 5. The van der Waals surface area contributed by atoms with Crippen LogP contribution in [0.2, 0.25) is 0 Å². The first-order valence-corrected chi connectivity index (χ1v) is 8.12. The molecule has 0 spiro atoms. The Hall–Kier alpha value is -0.710. The summed E-state index contributed by atoms with van der Waals surface area (Å²) < 4.78 is 16.0. The molecular formula is C16H16Br2FN. The van der Waals surface area contributed by atoms with E-state index in [1.807, 2.05) is 31.2 Å². The van der Waals surface area contributed by atoms with Crippen LogP contribution in [0.4, 0.5) is 4.39 Å². The van der Waals surface area contributed by atoms with E-state index in [0.29, 0.717) is 5.56 Å². The lowest BCUT2D eigenvalue weighted by molar-refractivity contribution is 0.507. The summed E-state index contributed by atoms with van der Waals surface area (Å²) in [5, 5.41) is 3.37. The third-order valence-electron chi connectivity index (χ3n) is 3.18. The Morgan fingerprint density at radius 3 is 2.40 bits per heavy atom. The van der Waals surface area contributed by atoms with Crippen molar-refractivity contribution in [1.29, 1.82) is 0 Å². The molecule has 2 rings (SSSR count). The molecule has 2 aromatic rings.